The normalized spacial score (nSPS) is 11.3. The maximum Gasteiger partial charge on any atom is 0.151 e. The summed E-state index contributed by atoms with van der Waals surface area (Å²) in [5.74, 6) is 3.03. The van der Waals surface area contributed by atoms with Crippen LogP contribution in [-0.2, 0) is 6.54 Å². The molecule has 4 heterocycles. The van der Waals surface area contributed by atoms with E-state index in [0.717, 1.165) is 66.1 Å². The first kappa shape index (κ1) is 27.2. The minimum absolute atomic E-state index is 0.513. The van der Waals surface area contributed by atoms with Gasteiger partial charge in [-0.05, 0) is 63.5 Å². The number of halogens is 1. The topological polar surface area (TPSA) is 99.0 Å². The van der Waals surface area contributed by atoms with Gasteiger partial charge in [0.2, 0.25) is 0 Å². The van der Waals surface area contributed by atoms with Crippen molar-refractivity contribution >= 4 is 61.7 Å². The molecular weight excluding hydrogens is 594 g/mol. The predicted octanol–water partition coefficient (Wildman–Crippen LogP) is 6.97. The van der Waals surface area contributed by atoms with Crippen LogP contribution in [0.4, 0.5) is 11.6 Å². The Labute approximate surface area is 251 Å². The Kier molecular flexibility index (Phi) is 7.70. The average molecular weight is 623 g/mol. The van der Waals surface area contributed by atoms with E-state index in [0.29, 0.717) is 12.4 Å². The highest BCUT2D eigenvalue weighted by atomic mass is 79.9. The first-order chi connectivity index (χ1) is 20.6. The molecular formula is C32H28BrN7O2. The van der Waals surface area contributed by atoms with Gasteiger partial charge < -0.3 is 20.1 Å². The molecule has 0 aliphatic carbocycles. The Hall–Kier alpha value is -4.96. The molecule has 0 radical (unpaired) electrons. The molecule has 0 aliphatic heterocycles. The number of methoxy groups -OCH3 is 2. The van der Waals surface area contributed by atoms with Crippen LogP contribution in [0, 0.1) is 0 Å². The molecule has 2 aromatic carbocycles. The maximum absolute atomic E-state index is 5.55. The molecule has 0 spiro atoms. The van der Waals surface area contributed by atoms with E-state index in [1.54, 1.807) is 20.5 Å². The van der Waals surface area contributed by atoms with E-state index in [9.17, 15) is 0 Å². The van der Waals surface area contributed by atoms with Crippen LogP contribution in [0.1, 0.15) is 16.7 Å². The molecule has 0 bridgehead atoms. The van der Waals surface area contributed by atoms with Crippen molar-refractivity contribution in [1.82, 2.24) is 24.5 Å². The molecule has 0 atom stereocenters. The van der Waals surface area contributed by atoms with Gasteiger partial charge in [-0.3, -0.25) is 9.55 Å². The van der Waals surface area contributed by atoms with Crippen molar-refractivity contribution in [1.29, 1.82) is 0 Å². The van der Waals surface area contributed by atoms with Gasteiger partial charge in [0, 0.05) is 47.5 Å². The second-order valence-corrected chi connectivity index (χ2v) is 10.4. The fourth-order valence-corrected chi connectivity index (χ4v) is 5.33. The molecule has 210 valence electrons. The van der Waals surface area contributed by atoms with Crippen LogP contribution in [0.15, 0.2) is 84.0 Å². The maximum atomic E-state index is 5.55. The lowest BCUT2D eigenvalue weighted by Crippen LogP contribution is -2.05. The third-order valence-electron chi connectivity index (χ3n) is 6.94. The van der Waals surface area contributed by atoms with Crippen LogP contribution >= 0.6 is 15.9 Å². The highest BCUT2D eigenvalue weighted by molar-refractivity contribution is 9.10. The third kappa shape index (κ3) is 5.48. The number of hydrogen-bond donors (Lipinski definition) is 2. The second-order valence-electron chi connectivity index (χ2n) is 9.51. The summed E-state index contributed by atoms with van der Waals surface area (Å²) in [6.07, 6.45) is 11.3. The van der Waals surface area contributed by atoms with Gasteiger partial charge in [0.15, 0.2) is 5.65 Å². The standard InChI is InChI=1S/C32H28BrN7O2/c1-34-29-11-9-22-7-6-20(13-27(22)39-29)4-5-21-12-24(17-35-15-21)40-18-26(33)30-31(37-19-38-32(30)40)36-16-23-8-10-25(41-2)14-28(23)42-3/h4-15,17-19H,16H2,1-3H3,(H,34,39)(H,36,37,38)/b5-4+. The summed E-state index contributed by atoms with van der Waals surface area (Å²) in [6, 6.07) is 18.1. The number of pyridine rings is 2. The van der Waals surface area contributed by atoms with E-state index in [1.807, 2.05) is 60.5 Å². The predicted molar refractivity (Wildman–Crippen MR) is 171 cm³/mol. The summed E-state index contributed by atoms with van der Waals surface area (Å²) in [4.78, 5) is 18.3. The van der Waals surface area contributed by atoms with Crippen LogP contribution in [-0.4, -0.2) is 45.8 Å². The lowest BCUT2D eigenvalue weighted by atomic mass is 10.1. The lowest BCUT2D eigenvalue weighted by Gasteiger charge is -2.12. The van der Waals surface area contributed by atoms with Gasteiger partial charge in [-0.25, -0.2) is 15.0 Å². The number of ether oxygens (including phenoxy) is 2. The number of fused-ring (bicyclic) bond motifs is 2. The molecule has 2 N–H and O–H groups in total. The molecule has 0 saturated carbocycles. The zero-order valence-electron chi connectivity index (χ0n) is 23.3. The lowest BCUT2D eigenvalue weighted by molar-refractivity contribution is 0.391. The zero-order valence-corrected chi connectivity index (χ0v) is 24.9. The number of nitrogens with one attached hydrogen (secondary N) is 2. The second kappa shape index (κ2) is 11.9. The van der Waals surface area contributed by atoms with E-state index < -0.39 is 0 Å². The highest BCUT2D eigenvalue weighted by Crippen LogP contribution is 2.33. The number of hydrogen-bond acceptors (Lipinski definition) is 8. The van der Waals surface area contributed by atoms with E-state index in [-0.39, 0.29) is 0 Å². The summed E-state index contributed by atoms with van der Waals surface area (Å²) in [7, 11) is 5.15. The molecule has 0 fully saturated rings. The smallest absolute Gasteiger partial charge is 0.151 e. The van der Waals surface area contributed by atoms with Crippen molar-refractivity contribution in [3.63, 3.8) is 0 Å². The molecule has 10 heteroatoms. The van der Waals surface area contributed by atoms with Crippen LogP contribution in [0.3, 0.4) is 0 Å². The molecule has 42 heavy (non-hydrogen) atoms. The number of benzene rings is 2. The summed E-state index contributed by atoms with van der Waals surface area (Å²) in [5.41, 5.74) is 5.57. The Morgan fingerprint density at radius 2 is 1.79 bits per heavy atom. The van der Waals surface area contributed by atoms with E-state index >= 15 is 0 Å². The number of nitrogens with zero attached hydrogens (tertiary/aromatic N) is 5. The summed E-state index contributed by atoms with van der Waals surface area (Å²) in [6.45, 7) is 0.513. The van der Waals surface area contributed by atoms with E-state index in [1.165, 1.54) is 0 Å². The van der Waals surface area contributed by atoms with Crippen molar-refractivity contribution in [3.8, 4) is 17.2 Å². The van der Waals surface area contributed by atoms with Crippen LogP contribution < -0.4 is 20.1 Å². The minimum atomic E-state index is 0.513. The van der Waals surface area contributed by atoms with Crippen LogP contribution in [0.5, 0.6) is 11.5 Å². The molecule has 0 saturated heterocycles. The minimum Gasteiger partial charge on any atom is -0.497 e. The summed E-state index contributed by atoms with van der Waals surface area (Å²) < 4.78 is 13.7. The van der Waals surface area contributed by atoms with Crippen LogP contribution in [0.25, 0.3) is 39.8 Å². The molecule has 0 aliphatic rings. The van der Waals surface area contributed by atoms with Crippen molar-refractivity contribution in [2.75, 3.05) is 31.9 Å². The Morgan fingerprint density at radius 1 is 0.929 bits per heavy atom. The SMILES string of the molecule is CNc1ccc2ccc(/C=C/c3cncc(-n4cc(Br)c5c(NCc6ccc(OC)cc6OC)ncnc54)c3)cc2n1. The van der Waals surface area contributed by atoms with Gasteiger partial charge in [0.25, 0.3) is 0 Å². The van der Waals surface area contributed by atoms with Crippen molar-refractivity contribution < 1.29 is 9.47 Å². The first-order valence-corrected chi connectivity index (χ1v) is 14.0. The average Bonchev–Trinajstić information content (AvgIpc) is 3.39. The van der Waals surface area contributed by atoms with Crippen LogP contribution in [0.2, 0.25) is 0 Å². The summed E-state index contributed by atoms with van der Waals surface area (Å²) in [5, 5.41) is 8.50. The number of anilines is 2. The molecule has 4 aromatic heterocycles. The van der Waals surface area contributed by atoms with Gasteiger partial charge in [0.1, 0.15) is 29.5 Å². The molecule has 0 unspecified atom stereocenters. The zero-order chi connectivity index (χ0) is 29.1. The number of aromatic nitrogens is 5. The van der Waals surface area contributed by atoms with E-state index in [2.05, 4.69) is 82.9 Å². The largest absolute Gasteiger partial charge is 0.497 e. The Balaban J connectivity index is 1.27. The number of rotatable bonds is 9. The molecule has 6 aromatic rings. The Morgan fingerprint density at radius 3 is 2.62 bits per heavy atom. The fraction of sp³-hybridized carbons (Fsp3) is 0.125. The molecule has 9 nitrogen and oxygen atoms in total. The fourth-order valence-electron chi connectivity index (χ4n) is 4.76. The van der Waals surface area contributed by atoms with Gasteiger partial charge in [0.05, 0.1) is 37.0 Å². The monoisotopic (exact) mass is 621 g/mol. The van der Waals surface area contributed by atoms with Gasteiger partial charge >= 0.3 is 0 Å². The van der Waals surface area contributed by atoms with Crippen molar-refractivity contribution in [2.45, 2.75) is 6.54 Å². The quantitative estimate of drug-likeness (QED) is 0.179. The van der Waals surface area contributed by atoms with Crippen molar-refractivity contribution in [2.24, 2.45) is 0 Å². The van der Waals surface area contributed by atoms with Crippen molar-refractivity contribution in [3.05, 3.63) is 101 Å². The highest BCUT2D eigenvalue weighted by Gasteiger charge is 2.16. The van der Waals surface area contributed by atoms with Gasteiger partial charge in [-0.2, -0.15) is 0 Å². The van der Waals surface area contributed by atoms with Gasteiger partial charge in [-0.15, -0.1) is 0 Å². The third-order valence-corrected chi connectivity index (χ3v) is 7.54. The molecule has 6 rings (SSSR count). The molecule has 0 amide bonds. The first-order valence-electron chi connectivity index (χ1n) is 13.2. The van der Waals surface area contributed by atoms with Gasteiger partial charge in [-0.1, -0.05) is 24.3 Å². The summed E-state index contributed by atoms with van der Waals surface area (Å²) >= 11 is 3.72. The Bertz CT molecular complexity index is 1940. The van der Waals surface area contributed by atoms with E-state index in [4.69, 9.17) is 9.47 Å².